The summed E-state index contributed by atoms with van der Waals surface area (Å²) in [6.45, 7) is 0. The highest BCUT2D eigenvalue weighted by molar-refractivity contribution is 9.10. The minimum absolute atomic E-state index is 0.569. The molecule has 16 heavy (non-hydrogen) atoms. The summed E-state index contributed by atoms with van der Waals surface area (Å²) in [6, 6.07) is 16.5. The second-order valence-corrected chi connectivity index (χ2v) is 5.55. The lowest BCUT2D eigenvalue weighted by molar-refractivity contribution is 1.32. The maximum atomic E-state index is 5.75. The largest absolute Gasteiger partial charge is 0.122 e. The van der Waals surface area contributed by atoms with Gasteiger partial charge in [-0.3, -0.25) is 0 Å². The Morgan fingerprint density at radius 2 is 1.69 bits per heavy atom. The van der Waals surface area contributed by atoms with Gasteiger partial charge in [0, 0.05) is 20.1 Å². The Hall–Kier alpha value is -0.440. The van der Waals surface area contributed by atoms with Gasteiger partial charge in [-0.15, -0.1) is 11.6 Å². The van der Waals surface area contributed by atoms with Gasteiger partial charge < -0.3 is 0 Å². The molecule has 0 spiro atoms. The van der Waals surface area contributed by atoms with Crippen molar-refractivity contribution in [1.82, 2.24) is 0 Å². The van der Waals surface area contributed by atoms with E-state index < -0.39 is 0 Å². The molecule has 0 nitrogen and oxygen atoms in total. The predicted molar refractivity (Wildman–Crippen MR) is 74.3 cm³/mol. The standard InChI is InChI=1S/C13H10BrClS/c14-12-3-1-2-4-13(12)16-11-7-5-10(9-15)6-8-11/h1-8H,9H2. The molecule has 0 saturated carbocycles. The molecule has 0 amide bonds. The average Bonchev–Trinajstić information content (AvgIpc) is 2.33. The van der Waals surface area contributed by atoms with E-state index >= 15 is 0 Å². The van der Waals surface area contributed by atoms with Crippen LogP contribution in [0.4, 0.5) is 0 Å². The Morgan fingerprint density at radius 3 is 2.31 bits per heavy atom. The molecule has 0 unspecified atom stereocenters. The number of halogens is 2. The molecule has 0 atom stereocenters. The molecule has 2 rings (SSSR count). The first kappa shape index (κ1) is 12.0. The summed E-state index contributed by atoms with van der Waals surface area (Å²) in [5.41, 5.74) is 1.15. The SMILES string of the molecule is ClCc1ccc(Sc2ccccc2Br)cc1. The molecule has 2 aromatic rings. The second-order valence-electron chi connectivity index (χ2n) is 3.31. The minimum Gasteiger partial charge on any atom is -0.122 e. The fraction of sp³-hybridized carbons (Fsp3) is 0.0769. The summed E-state index contributed by atoms with van der Waals surface area (Å²) >= 11 is 11.0. The van der Waals surface area contributed by atoms with Crippen molar-refractivity contribution in [1.29, 1.82) is 0 Å². The van der Waals surface area contributed by atoms with Crippen LogP contribution in [0, 0.1) is 0 Å². The van der Waals surface area contributed by atoms with E-state index in [9.17, 15) is 0 Å². The third kappa shape index (κ3) is 3.03. The highest BCUT2D eigenvalue weighted by atomic mass is 79.9. The number of hydrogen-bond donors (Lipinski definition) is 0. The Labute approximate surface area is 113 Å². The molecule has 0 radical (unpaired) electrons. The molecule has 0 fully saturated rings. The van der Waals surface area contributed by atoms with E-state index in [0.717, 1.165) is 10.0 Å². The highest BCUT2D eigenvalue weighted by Crippen LogP contribution is 2.33. The zero-order valence-electron chi connectivity index (χ0n) is 8.49. The summed E-state index contributed by atoms with van der Waals surface area (Å²) in [5, 5.41) is 0. The normalized spacial score (nSPS) is 10.4. The number of hydrogen-bond acceptors (Lipinski definition) is 1. The second kappa shape index (κ2) is 5.76. The first-order valence-electron chi connectivity index (χ1n) is 4.87. The lowest BCUT2D eigenvalue weighted by atomic mass is 10.2. The van der Waals surface area contributed by atoms with E-state index in [1.54, 1.807) is 11.8 Å². The van der Waals surface area contributed by atoms with Gasteiger partial charge in [0.15, 0.2) is 0 Å². The molecule has 0 heterocycles. The van der Waals surface area contributed by atoms with Gasteiger partial charge in [0.2, 0.25) is 0 Å². The van der Waals surface area contributed by atoms with Gasteiger partial charge in [-0.1, -0.05) is 36.0 Å². The van der Waals surface area contributed by atoms with Crippen molar-refractivity contribution in [2.45, 2.75) is 15.7 Å². The van der Waals surface area contributed by atoms with Crippen LogP contribution in [-0.2, 0) is 5.88 Å². The van der Waals surface area contributed by atoms with Crippen LogP contribution >= 0.6 is 39.3 Å². The van der Waals surface area contributed by atoms with E-state index in [2.05, 4.69) is 52.3 Å². The minimum atomic E-state index is 0.569. The van der Waals surface area contributed by atoms with Crippen molar-refractivity contribution in [3.63, 3.8) is 0 Å². The summed E-state index contributed by atoms with van der Waals surface area (Å²) in [7, 11) is 0. The summed E-state index contributed by atoms with van der Waals surface area (Å²) in [6.07, 6.45) is 0. The van der Waals surface area contributed by atoms with Crippen LogP contribution in [-0.4, -0.2) is 0 Å². The van der Waals surface area contributed by atoms with Crippen LogP contribution in [0.3, 0.4) is 0 Å². The lowest BCUT2D eigenvalue weighted by Crippen LogP contribution is -1.78. The van der Waals surface area contributed by atoms with E-state index in [1.807, 2.05) is 12.1 Å². The molecule has 2 aromatic carbocycles. The zero-order valence-corrected chi connectivity index (χ0v) is 11.6. The molecule has 0 saturated heterocycles. The van der Waals surface area contributed by atoms with Gasteiger partial charge in [0.05, 0.1) is 0 Å². The number of benzene rings is 2. The van der Waals surface area contributed by atoms with E-state index in [0.29, 0.717) is 5.88 Å². The predicted octanol–water partition coefficient (Wildman–Crippen LogP) is 5.34. The van der Waals surface area contributed by atoms with Crippen molar-refractivity contribution in [2.24, 2.45) is 0 Å². The van der Waals surface area contributed by atoms with Crippen molar-refractivity contribution >= 4 is 39.3 Å². The molecule has 0 aromatic heterocycles. The van der Waals surface area contributed by atoms with Gasteiger partial charge >= 0.3 is 0 Å². The van der Waals surface area contributed by atoms with Gasteiger partial charge in [0.25, 0.3) is 0 Å². The maximum Gasteiger partial charge on any atom is 0.0474 e. The molecule has 0 aliphatic heterocycles. The van der Waals surface area contributed by atoms with Crippen molar-refractivity contribution in [3.8, 4) is 0 Å². The number of rotatable bonds is 3. The fourth-order valence-corrected chi connectivity index (χ4v) is 2.85. The van der Waals surface area contributed by atoms with Crippen LogP contribution < -0.4 is 0 Å². The lowest BCUT2D eigenvalue weighted by Gasteiger charge is -2.04. The van der Waals surface area contributed by atoms with Crippen LogP contribution in [0.5, 0.6) is 0 Å². The third-order valence-corrected chi connectivity index (χ3v) is 4.49. The van der Waals surface area contributed by atoms with Crippen molar-refractivity contribution in [3.05, 3.63) is 58.6 Å². The summed E-state index contributed by atoms with van der Waals surface area (Å²) in [4.78, 5) is 2.45. The van der Waals surface area contributed by atoms with Crippen LogP contribution in [0.15, 0.2) is 62.8 Å². The van der Waals surface area contributed by atoms with Gasteiger partial charge in [0.1, 0.15) is 0 Å². The fourth-order valence-electron chi connectivity index (χ4n) is 1.30. The van der Waals surface area contributed by atoms with Gasteiger partial charge in [-0.2, -0.15) is 0 Å². The van der Waals surface area contributed by atoms with Crippen LogP contribution in [0.25, 0.3) is 0 Å². The van der Waals surface area contributed by atoms with E-state index in [1.165, 1.54) is 9.79 Å². The smallest absolute Gasteiger partial charge is 0.0474 e. The summed E-state index contributed by atoms with van der Waals surface area (Å²) in [5.74, 6) is 0.569. The van der Waals surface area contributed by atoms with Crippen LogP contribution in [0.1, 0.15) is 5.56 Å². The molecule has 0 aliphatic rings. The Balaban J connectivity index is 2.18. The topological polar surface area (TPSA) is 0 Å². The first-order valence-corrected chi connectivity index (χ1v) is 7.01. The molecule has 0 N–H and O–H groups in total. The zero-order chi connectivity index (χ0) is 11.4. The Morgan fingerprint density at radius 1 is 1.00 bits per heavy atom. The average molecular weight is 314 g/mol. The quantitative estimate of drug-likeness (QED) is 0.689. The molecular weight excluding hydrogens is 304 g/mol. The van der Waals surface area contributed by atoms with Crippen molar-refractivity contribution < 1.29 is 0 Å². The van der Waals surface area contributed by atoms with Crippen LogP contribution in [0.2, 0.25) is 0 Å². The molecule has 3 heteroatoms. The Bertz CT molecular complexity index is 468. The van der Waals surface area contributed by atoms with E-state index in [-0.39, 0.29) is 0 Å². The first-order chi connectivity index (χ1) is 7.79. The Kier molecular flexibility index (Phi) is 4.33. The third-order valence-electron chi connectivity index (χ3n) is 2.14. The van der Waals surface area contributed by atoms with Crippen molar-refractivity contribution in [2.75, 3.05) is 0 Å². The molecule has 0 aliphatic carbocycles. The summed E-state index contributed by atoms with van der Waals surface area (Å²) < 4.78 is 1.13. The highest BCUT2D eigenvalue weighted by Gasteiger charge is 2.01. The van der Waals surface area contributed by atoms with Gasteiger partial charge in [-0.25, -0.2) is 0 Å². The monoisotopic (exact) mass is 312 g/mol. The number of alkyl halides is 1. The van der Waals surface area contributed by atoms with E-state index in [4.69, 9.17) is 11.6 Å². The maximum absolute atomic E-state index is 5.75. The molecule has 0 bridgehead atoms. The van der Waals surface area contributed by atoms with Gasteiger partial charge in [-0.05, 0) is 45.8 Å². The molecular formula is C13H10BrClS. The molecule has 82 valence electrons.